The molecule has 0 heterocycles. The number of primary amides is 1. The normalized spacial score (nSPS) is 13.8. The fraction of sp³-hybridized carbons (Fsp3) is 0.100. The van der Waals surface area contributed by atoms with E-state index in [1.54, 1.807) is 0 Å². The number of carbonyl (C=O) groups is 1. The number of fused-ring (bicyclic) bond motifs is 1. The lowest BCUT2D eigenvalue weighted by atomic mass is 10.1. The molecule has 12 heavy (non-hydrogen) atoms. The Balaban J connectivity index is 2.41. The van der Waals surface area contributed by atoms with E-state index >= 15 is 0 Å². The van der Waals surface area contributed by atoms with Gasteiger partial charge in [0, 0.05) is 12.0 Å². The zero-order valence-electron chi connectivity index (χ0n) is 6.58. The van der Waals surface area contributed by atoms with Crippen LogP contribution in [0.2, 0.25) is 0 Å². The Morgan fingerprint density at radius 1 is 1.33 bits per heavy atom. The Morgan fingerprint density at radius 3 is 2.75 bits per heavy atom. The van der Waals surface area contributed by atoms with Gasteiger partial charge in [-0.15, -0.1) is 0 Å². The topological polar surface area (TPSA) is 43.1 Å². The first-order valence-corrected chi connectivity index (χ1v) is 3.85. The van der Waals surface area contributed by atoms with Gasteiger partial charge in [0.1, 0.15) is 0 Å². The summed E-state index contributed by atoms with van der Waals surface area (Å²) < 4.78 is 0. The third-order valence-electron chi connectivity index (χ3n) is 2.08. The Hall–Kier alpha value is -1.57. The minimum absolute atomic E-state index is 0.314. The molecule has 0 spiro atoms. The third kappa shape index (κ3) is 1.01. The SMILES string of the molecule is NC(=O)C1=Cc2ccccc2C1. The van der Waals surface area contributed by atoms with E-state index in [4.69, 9.17) is 5.73 Å². The van der Waals surface area contributed by atoms with Crippen LogP contribution in [0.25, 0.3) is 6.08 Å². The first kappa shape index (κ1) is 7.10. The highest BCUT2D eigenvalue weighted by Crippen LogP contribution is 2.23. The van der Waals surface area contributed by atoms with Crippen LogP contribution >= 0.6 is 0 Å². The minimum Gasteiger partial charge on any atom is -0.366 e. The van der Waals surface area contributed by atoms with Crippen LogP contribution in [0.4, 0.5) is 0 Å². The number of nitrogens with two attached hydrogens (primary N) is 1. The monoisotopic (exact) mass is 159 g/mol. The molecule has 0 aromatic heterocycles. The zero-order chi connectivity index (χ0) is 8.55. The first-order valence-electron chi connectivity index (χ1n) is 3.85. The molecule has 2 heteroatoms. The van der Waals surface area contributed by atoms with Crippen LogP contribution in [0.15, 0.2) is 29.8 Å². The second-order valence-corrected chi connectivity index (χ2v) is 2.91. The number of carbonyl (C=O) groups excluding carboxylic acids is 1. The lowest BCUT2D eigenvalue weighted by Gasteiger charge is -1.95. The molecule has 0 fully saturated rings. The van der Waals surface area contributed by atoms with E-state index in [-0.39, 0.29) is 5.91 Å². The average molecular weight is 159 g/mol. The van der Waals surface area contributed by atoms with Gasteiger partial charge in [0.15, 0.2) is 0 Å². The molecule has 1 aliphatic carbocycles. The van der Waals surface area contributed by atoms with Gasteiger partial charge in [0.25, 0.3) is 0 Å². The van der Waals surface area contributed by atoms with Crippen molar-refractivity contribution in [3.8, 4) is 0 Å². The van der Waals surface area contributed by atoms with Crippen LogP contribution < -0.4 is 5.73 Å². The van der Waals surface area contributed by atoms with Crippen molar-refractivity contribution in [1.29, 1.82) is 0 Å². The van der Waals surface area contributed by atoms with Crippen molar-refractivity contribution >= 4 is 12.0 Å². The largest absolute Gasteiger partial charge is 0.366 e. The summed E-state index contributed by atoms with van der Waals surface area (Å²) in [7, 11) is 0. The van der Waals surface area contributed by atoms with E-state index in [9.17, 15) is 4.79 Å². The molecule has 0 atom stereocenters. The van der Waals surface area contributed by atoms with Gasteiger partial charge in [-0.2, -0.15) is 0 Å². The number of rotatable bonds is 1. The van der Waals surface area contributed by atoms with Crippen LogP contribution in [-0.4, -0.2) is 5.91 Å². The van der Waals surface area contributed by atoms with Crippen molar-refractivity contribution in [2.24, 2.45) is 5.73 Å². The molecule has 0 unspecified atom stereocenters. The molecule has 1 aromatic rings. The van der Waals surface area contributed by atoms with E-state index in [1.165, 1.54) is 5.56 Å². The average Bonchev–Trinajstić information content (AvgIpc) is 2.46. The van der Waals surface area contributed by atoms with E-state index < -0.39 is 0 Å². The maximum absolute atomic E-state index is 10.8. The molecule has 2 nitrogen and oxygen atoms in total. The molecule has 0 aliphatic heterocycles. The van der Waals surface area contributed by atoms with Crippen molar-refractivity contribution < 1.29 is 4.79 Å². The van der Waals surface area contributed by atoms with E-state index in [0.717, 1.165) is 5.56 Å². The fourth-order valence-corrected chi connectivity index (χ4v) is 1.44. The summed E-state index contributed by atoms with van der Waals surface area (Å²) in [5.41, 5.74) is 8.18. The summed E-state index contributed by atoms with van der Waals surface area (Å²) in [6, 6.07) is 7.93. The molecule has 60 valence electrons. The van der Waals surface area contributed by atoms with Gasteiger partial charge >= 0.3 is 0 Å². The lowest BCUT2D eigenvalue weighted by Crippen LogP contribution is -2.13. The second kappa shape index (κ2) is 2.48. The second-order valence-electron chi connectivity index (χ2n) is 2.91. The van der Waals surface area contributed by atoms with Crippen molar-refractivity contribution in [1.82, 2.24) is 0 Å². The van der Waals surface area contributed by atoms with Gasteiger partial charge in [0.05, 0.1) is 0 Å². The Morgan fingerprint density at radius 2 is 2.08 bits per heavy atom. The van der Waals surface area contributed by atoms with Crippen LogP contribution in [0.3, 0.4) is 0 Å². The Bertz CT molecular complexity index is 366. The van der Waals surface area contributed by atoms with Gasteiger partial charge in [-0.1, -0.05) is 24.3 Å². The van der Waals surface area contributed by atoms with Gasteiger partial charge in [-0.05, 0) is 17.2 Å². The van der Waals surface area contributed by atoms with Crippen molar-refractivity contribution in [2.45, 2.75) is 6.42 Å². The van der Waals surface area contributed by atoms with Crippen LogP contribution in [-0.2, 0) is 11.2 Å². The molecule has 2 rings (SSSR count). The fourth-order valence-electron chi connectivity index (χ4n) is 1.44. The molecule has 0 saturated heterocycles. The molecular weight excluding hydrogens is 150 g/mol. The summed E-state index contributed by atoms with van der Waals surface area (Å²) >= 11 is 0. The van der Waals surface area contributed by atoms with Crippen LogP contribution in [0.5, 0.6) is 0 Å². The van der Waals surface area contributed by atoms with E-state index in [0.29, 0.717) is 12.0 Å². The number of amides is 1. The number of hydrogen-bond donors (Lipinski definition) is 1. The molecule has 2 N–H and O–H groups in total. The maximum Gasteiger partial charge on any atom is 0.244 e. The summed E-state index contributed by atoms with van der Waals surface area (Å²) in [6.45, 7) is 0. The quantitative estimate of drug-likeness (QED) is 0.655. The van der Waals surface area contributed by atoms with Crippen LogP contribution in [0, 0.1) is 0 Å². The molecule has 1 aliphatic rings. The van der Waals surface area contributed by atoms with Crippen LogP contribution in [0.1, 0.15) is 11.1 Å². The third-order valence-corrected chi connectivity index (χ3v) is 2.08. The Kier molecular flexibility index (Phi) is 1.47. The van der Waals surface area contributed by atoms with Gasteiger partial charge in [0.2, 0.25) is 5.91 Å². The smallest absolute Gasteiger partial charge is 0.244 e. The highest BCUT2D eigenvalue weighted by Gasteiger charge is 2.14. The van der Waals surface area contributed by atoms with Gasteiger partial charge in [-0.3, -0.25) is 4.79 Å². The first-order chi connectivity index (χ1) is 5.77. The van der Waals surface area contributed by atoms with E-state index in [1.807, 2.05) is 30.3 Å². The number of benzene rings is 1. The zero-order valence-corrected chi connectivity index (χ0v) is 6.58. The summed E-state index contributed by atoms with van der Waals surface area (Å²) in [4.78, 5) is 10.8. The molecule has 0 saturated carbocycles. The van der Waals surface area contributed by atoms with Gasteiger partial charge in [-0.25, -0.2) is 0 Å². The number of hydrogen-bond acceptors (Lipinski definition) is 1. The molecular formula is C10H9NO. The van der Waals surface area contributed by atoms with Crippen molar-refractivity contribution in [3.63, 3.8) is 0 Å². The highest BCUT2D eigenvalue weighted by atomic mass is 16.1. The standard InChI is InChI=1S/C10H9NO/c11-10(12)9-5-7-3-1-2-4-8(7)6-9/h1-5H,6H2,(H2,11,12). The molecule has 1 amide bonds. The van der Waals surface area contributed by atoms with Crippen molar-refractivity contribution in [3.05, 3.63) is 41.0 Å². The molecule has 0 bridgehead atoms. The summed E-state index contributed by atoms with van der Waals surface area (Å²) in [5.74, 6) is -0.314. The lowest BCUT2D eigenvalue weighted by molar-refractivity contribution is -0.114. The highest BCUT2D eigenvalue weighted by molar-refractivity contribution is 5.99. The van der Waals surface area contributed by atoms with Crippen molar-refractivity contribution in [2.75, 3.05) is 0 Å². The maximum atomic E-state index is 10.8. The van der Waals surface area contributed by atoms with Gasteiger partial charge < -0.3 is 5.73 Å². The summed E-state index contributed by atoms with van der Waals surface area (Å²) in [5, 5.41) is 0. The minimum atomic E-state index is -0.314. The molecule has 1 aromatic carbocycles. The predicted octanol–water partition coefficient (Wildman–Crippen LogP) is 1.11. The molecule has 0 radical (unpaired) electrons. The van der Waals surface area contributed by atoms with E-state index in [2.05, 4.69) is 0 Å². The predicted molar refractivity (Wildman–Crippen MR) is 47.3 cm³/mol. The summed E-state index contributed by atoms with van der Waals surface area (Å²) in [6.07, 6.45) is 2.54. The Labute approximate surface area is 70.7 Å².